The summed E-state index contributed by atoms with van der Waals surface area (Å²) in [5, 5.41) is 8.65. The van der Waals surface area contributed by atoms with E-state index in [4.69, 9.17) is 10.00 Å². The molecule has 0 aliphatic heterocycles. The summed E-state index contributed by atoms with van der Waals surface area (Å²) in [6.45, 7) is 7.84. The van der Waals surface area contributed by atoms with Crippen molar-refractivity contribution in [2.75, 3.05) is 20.7 Å². The molecule has 0 aliphatic rings. The Hall–Kier alpha value is -1.05. The predicted octanol–water partition coefficient (Wildman–Crippen LogP) is 3.73. The number of nitriles is 1. The van der Waals surface area contributed by atoms with E-state index in [0.29, 0.717) is 6.42 Å². The van der Waals surface area contributed by atoms with Gasteiger partial charge in [-0.25, -0.2) is 0 Å². The molecule has 0 fully saturated rings. The molecule has 0 heterocycles. The number of nitrogens with zero attached hydrogens (tertiary/aromatic N) is 2. The van der Waals surface area contributed by atoms with Crippen molar-refractivity contribution in [2.45, 2.75) is 33.7 Å². The molecule has 1 aromatic rings. The quantitative estimate of drug-likeness (QED) is 0.828. The fourth-order valence-electron chi connectivity index (χ4n) is 2.20. The van der Waals surface area contributed by atoms with Gasteiger partial charge >= 0.3 is 0 Å². The van der Waals surface area contributed by atoms with Gasteiger partial charge in [-0.15, -0.1) is 0 Å². The fourth-order valence-corrected chi connectivity index (χ4v) is 2.74. The molecule has 4 heteroatoms. The van der Waals surface area contributed by atoms with Gasteiger partial charge in [-0.1, -0.05) is 15.9 Å². The first-order valence-electron chi connectivity index (χ1n) is 6.31. The van der Waals surface area contributed by atoms with Crippen LogP contribution in [0.3, 0.4) is 0 Å². The van der Waals surface area contributed by atoms with Crippen molar-refractivity contribution in [1.82, 2.24) is 4.90 Å². The Balaban J connectivity index is 3.16. The van der Waals surface area contributed by atoms with E-state index in [1.807, 2.05) is 7.05 Å². The van der Waals surface area contributed by atoms with Gasteiger partial charge in [-0.2, -0.15) is 5.26 Å². The number of methoxy groups -OCH3 is 1. The normalized spacial score (nSPS) is 10.6. The average molecular weight is 325 g/mol. The highest BCUT2D eigenvalue weighted by Gasteiger charge is 2.17. The smallest absolute Gasteiger partial charge is 0.126 e. The second-order valence-corrected chi connectivity index (χ2v) is 5.64. The van der Waals surface area contributed by atoms with Crippen molar-refractivity contribution in [1.29, 1.82) is 5.26 Å². The number of hydrogen-bond donors (Lipinski definition) is 0. The first-order chi connectivity index (χ1) is 8.93. The molecule has 3 nitrogen and oxygen atoms in total. The van der Waals surface area contributed by atoms with E-state index in [1.54, 1.807) is 7.11 Å². The number of ether oxygens (including phenoxy) is 1. The first kappa shape index (κ1) is 16.0. The standard InChI is InChI=1S/C15H21BrN2O/c1-10-11(2)15(19-5)13(12(3)14(10)16)9-18(4)8-6-7-17/h6,8-9H2,1-5H3. The second kappa shape index (κ2) is 6.93. The van der Waals surface area contributed by atoms with E-state index in [0.717, 1.165) is 23.3 Å². The third-order valence-electron chi connectivity index (χ3n) is 3.53. The number of hydrogen-bond acceptors (Lipinski definition) is 3. The molecular weight excluding hydrogens is 304 g/mol. The maximum Gasteiger partial charge on any atom is 0.126 e. The molecule has 0 aliphatic carbocycles. The van der Waals surface area contributed by atoms with E-state index >= 15 is 0 Å². The lowest BCUT2D eigenvalue weighted by atomic mass is 9.98. The minimum Gasteiger partial charge on any atom is -0.496 e. The van der Waals surface area contributed by atoms with E-state index < -0.39 is 0 Å². The van der Waals surface area contributed by atoms with Crippen LogP contribution < -0.4 is 4.74 Å². The van der Waals surface area contributed by atoms with Gasteiger partial charge in [-0.05, 0) is 44.5 Å². The zero-order chi connectivity index (χ0) is 14.6. The molecule has 0 bridgehead atoms. The van der Waals surface area contributed by atoms with E-state index in [-0.39, 0.29) is 0 Å². The fraction of sp³-hybridized carbons (Fsp3) is 0.533. The molecule has 104 valence electrons. The van der Waals surface area contributed by atoms with Crippen LogP contribution in [0.1, 0.15) is 28.7 Å². The van der Waals surface area contributed by atoms with Gasteiger partial charge < -0.3 is 9.64 Å². The Bertz CT molecular complexity index is 506. The lowest BCUT2D eigenvalue weighted by molar-refractivity contribution is 0.322. The Morgan fingerprint density at radius 2 is 1.84 bits per heavy atom. The van der Waals surface area contributed by atoms with Crippen LogP contribution >= 0.6 is 15.9 Å². The van der Waals surface area contributed by atoms with Crippen molar-refractivity contribution in [3.63, 3.8) is 0 Å². The monoisotopic (exact) mass is 324 g/mol. The lowest BCUT2D eigenvalue weighted by Crippen LogP contribution is -2.20. The summed E-state index contributed by atoms with van der Waals surface area (Å²) in [5.74, 6) is 0.960. The van der Waals surface area contributed by atoms with Crippen molar-refractivity contribution < 1.29 is 4.74 Å². The number of benzene rings is 1. The molecule has 0 spiro atoms. The first-order valence-corrected chi connectivity index (χ1v) is 7.10. The van der Waals surface area contributed by atoms with Gasteiger partial charge in [0.25, 0.3) is 0 Å². The third-order valence-corrected chi connectivity index (χ3v) is 4.72. The van der Waals surface area contributed by atoms with Crippen LogP contribution in [0.4, 0.5) is 0 Å². The molecule has 19 heavy (non-hydrogen) atoms. The van der Waals surface area contributed by atoms with Crippen LogP contribution in [0.2, 0.25) is 0 Å². The zero-order valence-electron chi connectivity index (χ0n) is 12.3. The van der Waals surface area contributed by atoms with Gasteiger partial charge in [0.2, 0.25) is 0 Å². The maximum atomic E-state index is 8.65. The Kier molecular flexibility index (Phi) is 5.84. The molecule has 0 saturated heterocycles. The van der Waals surface area contributed by atoms with E-state index in [9.17, 15) is 0 Å². The van der Waals surface area contributed by atoms with Gasteiger partial charge in [0.1, 0.15) is 5.75 Å². The second-order valence-electron chi connectivity index (χ2n) is 4.85. The minimum absolute atomic E-state index is 0.546. The van der Waals surface area contributed by atoms with Crippen molar-refractivity contribution in [3.8, 4) is 11.8 Å². The summed E-state index contributed by atoms with van der Waals surface area (Å²) >= 11 is 3.66. The predicted molar refractivity (Wildman–Crippen MR) is 81.5 cm³/mol. The van der Waals surface area contributed by atoms with Crippen LogP contribution in [0, 0.1) is 32.1 Å². The van der Waals surface area contributed by atoms with E-state index in [1.165, 1.54) is 22.3 Å². The third kappa shape index (κ3) is 3.49. The summed E-state index contributed by atoms with van der Waals surface area (Å²) in [6.07, 6.45) is 0.546. The maximum absolute atomic E-state index is 8.65. The van der Waals surface area contributed by atoms with Gasteiger partial charge in [0.05, 0.1) is 13.2 Å². The van der Waals surface area contributed by atoms with Crippen LogP contribution in [0.25, 0.3) is 0 Å². The van der Waals surface area contributed by atoms with Crippen molar-refractivity contribution in [3.05, 3.63) is 26.7 Å². The molecule has 0 unspecified atom stereocenters. The molecule has 1 rings (SSSR count). The van der Waals surface area contributed by atoms with Gasteiger partial charge in [0.15, 0.2) is 0 Å². The van der Waals surface area contributed by atoms with Crippen molar-refractivity contribution in [2.24, 2.45) is 0 Å². The molecular formula is C15H21BrN2O. The van der Waals surface area contributed by atoms with Gasteiger partial charge in [-0.3, -0.25) is 0 Å². The zero-order valence-corrected chi connectivity index (χ0v) is 13.9. The number of halogens is 1. The van der Waals surface area contributed by atoms with Crippen LogP contribution in [0.5, 0.6) is 5.75 Å². The molecule has 0 atom stereocenters. The summed E-state index contributed by atoms with van der Waals surface area (Å²) in [7, 11) is 3.74. The Morgan fingerprint density at radius 3 is 2.37 bits per heavy atom. The SMILES string of the molecule is COc1c(C)c(C)c(Br)c(C)c1CN(C)CCC#N. The molecule has 0 N–H and O–H groups in total. The van der Waals surface area contributed by atoms with Crippen molar-refractivity contribution >= 4 is 15.9 Å². The van der Waals surface area contributed by atoms with Gasteiger partial charge in [0, 0.05) is 29.5 Å². The summed E-state index contributed by atoms with van der Waals surface area (Å²) in [5.41, 5.74) is 4.79. The number of rotatable bonds is 5. The summed E-state index contributed by atoms with van der Waals surface area (Å²) < 4.78 is 6.73. The summed E-state index contributed by atoms with van der Waals surface area (Å²) in [6, 6.07) is 2.18. The molecule has 0 amide bonds. The van der Waals surface area contributed by atoms with Crippen LogP contribution in [-0.4, -0.2) is 25.6 Å². The lowest BCUT2D eigenvalue weighted by Gasteiger charge is -2.22. The highest BCUT2D eigenvalue weighted by molar-refractivity contribution is 9.10. The molecule has 0 saturated carbocycles. The molecule has 1 aromatic carbocycles. The summed E-state index contributed by atoms with van der Waals surface area (Å²) in [4.78, 5) is 2.15. The largest absolute Gasteiger partial charge is 0.496 e. The Labute approximate surface area is 124 Å². The minimum atomic E-state index is 0.546. The molecule has 0 radical (unpaired) electrons. The highest BCUT2D eigenvalue weighted by atomic mass is 79.9. The Morgan fingerprint density at radius 1 is 1.21 bits per heavy atom. The average Bonchev–Trinajstić information content (AvgIpc) is 2.40. The molecule has 0 aromatic heterocycles. The van der Waals surface area contributed by atoms with Crippen LogP contribution in [-0.2, 0) is 6.54 Å². The highest BCUT2D eigenvalue weighted by Crippen LogP contribution is 2.36. The topological polar surface area (TPSA) is 36.3 Å². The van der Waals surface area contributed by atoms with Crippen LogP contribution in [0.15, 0.2) is 4.47 Å². The van der Waals surface area contributed by atoms with E-state index in [2.05, 4.69) is 47.7 Å².